The van der Waals surface area contributed by atoms with Crippen LogP contribution in [0.4, 0.5) is 0 Å². The molecule has 0 bridgehead atoms. The Hall–Kier alpha value is -2.27. The summed E-state index contributed by atoms with van der Waals surface area (Å²) >= 11 is 0. The van der Waals surface area contributed by atoms with Crippen LogP contribution in [0.2, 0.25) is 0 Å². The average molecular weight is 339 g/mol. The van der Waals surface area contributed by atoms with Crippen LogP contribution in [0.1, 0.15) is 54.1 Å². The predicted octanol–water partition coefficient (Wildman–Crippen LogP) is 3.16. The summed E-state index contributed by atoms with van der Waals surface area (Å²) in [5, 5.41) is 11.6. The van der Waals surface area contributed by atoms with Crippen molar-refractivity contribution in [2.75, 3.05) is 13.7 Å². The van der Waals surface area contributed by atoms with Crippen molar-refractivity contribution in [1.29, 1.82) is 0 Å². The highest BCUT2D eigenvalue weighted by molar-refractivity contribution is 5.92. The van der Waals surface area contributed by atoms with Crippen molar-refractivity contribution in [2.45, 2.75) is 38.0 Å². The molecule has 0 spiro atoms. The van der Waals surface area contributed by atoms with Crippen LogP contribution in [0.5, 0.6) is 0 Å². The van der Waals surface area contributed by atoms with Gasteiger partial charge in [0, 0.05) is 19.2 Å². The number of nitrogens with zero attached hydrogens (tertiary/aromatic N) is 2. The maximum Gasteiger partial charge on any atom is 0.271 e. The third-order valence-corrected chi connectivity index (χ3v) is 5.16. The standard InChI is InChI=1S/C20H25N3O2/c1-21-20(25)19-13-22-12-18(23-19)17-8-6-16(7-9-17)15-4-2-14(3-5-15)10-11-24/h6-9,12-15,24H,2-5,10-11H2,1H3,(H,21,25). The van der Waals surface area contributed by atoms with Crippen LogP contribution in [0.25, 0.3) is 11.3 Å². The van der Waals surface area contributed by atoms with Gasteiger partial charge in [-0.15, -0.1) is 0 Å². The lowest BCUT2D eigenvalue weighted by molar-refractivity contribution is 0.0958. The smallest absolute Gasteiger partial charge is 0.271 e. The third kappa shape index (κ3) is 4.23. The highest BCUT2D eigenvalue weighted by Crippen LogP contribution is 2.37. The normalized spacial score (nSPS) is 20.2. The zero-order chi connectivity index (χ0) is 17.6. The van der Waals surface area contributed by atoms with Gasteiger partial charge in [-0.3, -0.25) is 9.78 Å². The number of carbonyl (C=O) groups is 1. The molecule has 1 amide bonds. The van der Waals surface area contributed by atoms with Gasteiger partial charge in [0.2, 0.25) is 0 Å². The number of benzene rings is 1. The first-order valence-electron chi connectivity index (χ1n) is 8.96. The van der Waals surface area contributed by atoms with Crippen LogP contribution in [-0.4, -0.2) is 34.6 Å². The summed E-state index contributed by atoms with van der Waals surface area (Å²) in [5.74, 6) is 1.06. The largest absolute Gasteiger partial charge is 0.396 e. The van der Waals surface area contributed by atoms with E-state index in [9.17, 15) is 4.79 Å². The van der Waals surface area contributed by atoms with Gasteiger partial charge in [-0.05, 0) is 49.5 Å². The summed E-state index contributed by atoms with van der Waals surface area (Å²) in [4.78, 5) is 20.2. The van der Waals surface area contributed by atoms with E-state index in [1.54, 1.807) is 13.2 Å². The molecule has 1 fully saturated rings. The molecular weight excluding hydrogens is 314 g/mol. The molecule has 0 aliphatic heterocycles. The molecule has 25 heavy (non-hydrogen) atoms. The van der Waals surface area contributed by atoms with E-state index in [4.69, 9.17) is 5.11 Å². The molecule has 0 radical (unpaired) electrons. The van der Waals surface area contributed by atoms with E-state index in [-0.39, 0.29) is 5.91 Å². The topological polar surface area (TPSA) is 75.1 Å². The molecule has 1 aliphatic carbocycles. The SMILES string of the molecule is CNC(=O)c1cncc(-c2ccc(C3CCC(CCO)CC3)cc2)n1. The number of hydrogen-bond donors (Lipinski definition) is 2. The van der Waals surface area contributed by atoms with Gasteiger partial charge in [0.1, 0.15) is 5.69 Å². The fourth-order valence-corrected chi connectivity index (χ4v) is 3.64. The minimum absolute atomic E-state index is 0.231. The van der Waals surface area contributed by atoms with Gasteiger partial charge in [0.25, 0.3) is 5.91 Å². The van der Waals surface area contributed by atoms with E-state index in [2.05, 4.69) is 39.6 Å². The van der Waals surface area contributed by atoms with Crippen molar-refractivity contribution in [2.24, 2.45) is 5.92 Å². The second-order valence-electron chi connectivity index (χ2n) is 6.72. The molecule has 5 heteroatoms. The Morgan fingerprint density at radius 1 is 1.16 bits per heavy atom. The van der Waals surface area contributed by atoms with E-state index < -0.39 is 0 Å². The quantitative estimate of drug-likeness (QED) is 0.877. The van der Waals surface area contributed by atoms with Crippen LogP contribution in [0.15, 0.2) is 36.7 Å². The van der Waals surface area contributed by atoms with Crippen LogP contribution in [0, 0.1) is 5.92 Å². The number of aromatic nitrogens is 2. The molecule has 1 aromatic carbocycles. The summed E-state index contributed by atoms with van der Waals surface area (Å²) < 4.78 is 0. The molecule has 0 atom stereocenters. The fourth-order valence-electron chi connectivity index (χ4n) is 3.64. The second-order valence-corrected chi connectivity index (χ2v) is 6.72. The molecule has 1 heterocycles. The molecule has 1 aliphatic rings. The van der Waals surface area contributed by atoms with Crippen LogP contribution in [0.3, 0.4) is 0 Å². The maximum atomic E-state index is 11.7. The first kappa shape index (κ1) is 17.5. The first-order chi connectivity index (χ1) is 12.2. The van der Waals surface area contributed by atoms with Crippen LogP contribution < -0.4 is 5.32 Å². The predicted molar refractivity (Wildman–Crippen MR) is 97.3 cm³/mol. The average Bonchev–Trinajstić information content (AvgIpc) is 2.68. The van der Waals surface area contributed by atoms with E-state index in [0.29, 0.717) is 29.8 Å². The van der Waals surface area contributed by atoms with E-state index in [1.165, 1.54) is 37.4 Å². The minimum atomic E-state index is -0.231. The summed E-state index contributed by atoms with van der Waals surface area (Å²) in [5.41, 5.74) is 3.36. The van der Waals surface area contributed by atoms with Crippen molar-refractivity contribution in [3.05, 3.63) is 47.9 Å². The highest BCUT2D eigenvalue weighted by atomic mass is 16.3. The Kier molecular flexibility index (Phi) is 5.76. The number of nitrogens with one attached hydrogen (secondary N) is 1. The molecule has 1 saturated carbocycles. The number of rotatable bonds is 5. The van der Waals surface area contributed by atoms with Gasteiger partial charge in [-0.2, -0.15) is 0 Å². The van der Waals surface area contributed by atoms with Crippen molar-refractivity contribution >= 4 is 5.91 Å². The van der Waals surface area contributed by atoms with Gasteiger partial charge >= 0.3 is 0 Å². The monoisotopic (exact) mass is 339 g/mol. The van der Waals surface area contributed by atoms with E-state index in [0.717, 1.165) is 12.0 Å². The Morgan fingerprint density at radius 2 is 1.88 bits per heavy atom. The van der Waals surface area contributed by atoms with Crippen LogP contribution in [-0.2, 0) is 0 Å². The van der Waals surface area contributed by atoms with Gasteiger partial charge in [-0.25, -0.2) is 4.98 Å². The highest BCUT2D eigenvalue weighted by Gasteiger charge is 2.22. The lowest BCUT2D eigenvalue weighted by atomic mass is 9.77. The first-order valence-corrected chi connectivity index (χ1v) is 8.96. The zero-order valence-corrected chi connectivity index (χ0v) is 14.6. The summed E-state index contributed by atoms with van der Waals surface area (Å²) in [7, 11) is 1.58. The summed E-state index contributed by atoms with van der Waals surface area (Å²) in [6.45, 7) is 0.306. The molecule has 0 unspecified atom stereocenters. The number of aliphatic hydroxyl groups excluding tert-OH is 1. The van der Waals surface area contributed by atoms with Crippen LogP contribution >= 0.6 is 0 Å². The Balaban J connectivity index is 1.70. The van der Waals surface area contributed by atoms with Gasteiger partial charge in [-0.1, -0.05) is 24.3 Å². The molecule has 3 rings (SSSR count). The Bertz CT molecular complexity index is 707. The third-order valence-electron chi connectivity index (χ3n) is 5.16. The molecule has 0 saturated heterocycles. The van der Waals surface area contributed by atoms with Crippen molar-refractivity contribution < 1.29 is 9.90 Å². The van der Waals surface area contributed by atoms with Crippen molar-refractivity contribution in [3.63, 3.8) is 0 Å². The van der Waals surface area contributed by atoms with Crippen molar-refractivity contribution in [3.8, 4) is 11.3 Å². The van der Waals surface area contributed by atoms with Gasteiger partial charge in [0.15, 0.2) is 0 Å². The Morgan fingerprint density at radius 3 is 2.52 bits per heavy atom. The minimum Gasteiger partial charge on any atom is -0.396 e. The molecule has 1 aromatic heterocycles. The zero-order valence-electron chi connectivity index (χ0n) is 14.6. The maximum absolute atomic E-state index is 11.7. The van der Waals surface area contributed by atoms with Gasteiger partial charge < -0.3 is 10.4 Å². The van der Waals surface area contributed by atoms with Gasteiger partial charge in [0.05, 0.1) is 18.1 Å². The second kappa shape index (κ2) is 8.21. The number of amides is 1. The molecule has 2 aromatic rings. The number of hydrogen-bond acceptors (Lipinski definition) is 4. The summed E-state index contributed by atoms with van der Waals surface area (Å²) in [6.07, 6.45) is 8.88. The summed E-state index contributed by atoms with van der Waals surface area (Å²) in [6, 6.07) is 8.46. The lowest BCUT2D eigenvalue weighted by Crippen LogP contribution is -2.19. The van der Waals surface area contributed by atoms with E-state index >= 15 is 0 Å². The molecular formula is C20H25N3O2. The molecule has 2 N–H and O–H groups in total. The Labute approximate surface area is 148 Å². The van der Waals surface area contributed by atoms with Crippen molar-refractivity contribution in [1.82, 2.24) is 15.3 Å². The van der Waals surface area contributed by atoms with E-state index in [1.807, 2.05) is 0 Å². The lowest BCUT2D eigenvalue weighted by Gasteiger charge is -2.28. The number of aliphatic hydroxyl groups is 1. The fraction of sp³-hybridized carbons (Fsp3) is 0.450. The number of carbonyl (C=O) groups excluding carboxylic acids is 1. The molecule has 132 valence electrons. The molecule has 5 nitrogen and oxygen atoms in total.